The number of aliphatic hydroxyl groups excluding tert-OH is 1. The second-order valence-corrected chi connectivity index (χ2v) is 6.69. The molecule has 0 amide bonds. The molecule has 0 aliphatic carbocycles. The first-order valence-electron chi connectivity index (χ1n) is 9.83. The smallest absolute Gasteiger partial charge is 0.203 e. The average molecular weight is 444 g/mol. The number of benzene rings is 2. The third-order valence-corrected chi connectivity index (χ3v) is 5.05. The van der Waals surface area contributed by atoms with E-state index >= 15 is 0 Å². The van der Waals surface area contributed by atoms with Gasteiger partial charge in [-0.3, -0.25) is 0 Å². The Morgan fingerprint density at radius 2 is 1.12 bits per heavy atom. The average Bonchev–Trinajstić information content (AvgIpc) is 3.25. The van der Waals surface area contributed by atoms with Gasteiger partial charge in [-0.1, -0.05) is 0 Å². The molecule has 0 saturated carbocycles. The van der Waals surface area contributed by atoms with E-state index < -0.39 is 0 Å². The quantitative estimate of drug-likeness (QED) is 0.509. The summed E-state index contributed by atoms with van der Waals surface area (Å²) < 4.78 is 34.8. The Bertz CT molecular complexity index is 1030. The van der Waals surface area contributed by atoms with Crippen LogP contribution in [0.4, 0.5) is 0 Å². The molecule has 9 nitrogen and oxygen atoms in total. The van der Waals surface area contributed by atoms with Gasteiger partial charge in [-0.2, -0.15) is 0 Å². The highest BCUT2D eigenvalue weighted by atomic mass is 16.5. The molecule has 0 spiro atoms. The molecule has 0 saturated heterocycles. The molecule has 3 rings (SSSR count). The van der Waals surface area contributed by atoms with Crippen molar-refractivity contribution in [3.8, 4) is 57.0 Å². The third kappa shape index (κ3) is 4.11. The van der Waals surface area contributed by atoms with Gasteiger partial charge in [0.25, 0.3) is 0 Å². The Hall–Kier alpha value is -3.59. The van der Waals surface area contributed by atoms with Gasteiger partial charge in [0.2, 0.25) is 11.5 Å². The summed E-state index contributed by atoms with van der Waals surface area (Å²) in [5.74, 6) is 3.01. The molecule has 0 aliphatic heterocycles. The van der Waals surface area contributed by atoms with E-state index in [1.807, 2.05) is 28.8 Å². The number of ether oxygens (including phenoxy) is 6. The number of aromatic nitrogens is 2. The van der Waals surface area contributed by atoms with E-state index in [2.05, 4.69) is 4.98 Å². The molecule has 0 aliphatic rings. The monoisotopic (exact) mass is 444 g/mol. The van der Waals surface area contributed by atoms with Crippen LogP contribution in [0, 0.1) is 0 Å². The van der Waals surface area contributed by atoms with E-state index in [1.54, 1.807) is 49.0 Å². The van der Waals surface area contributed by atoms with Crippen molar-refractivity contribution in [3.05, 3.63) is 30.6 Å². The molecular formula is C23H28N2O7. The highest BCUT2D eigenvalue weighted by molar-refractivity contribution is 5.83. The summed E-state index contributed by atoms with van der Waals surface area (Å²) in [4.78, 5) is 4.63. The lowest BCUT2D eigenvalue weighted by atomic mass is 10.0. The van der Waals surface area contributed by atoms with Crippen LogP contribution in [-0.4, -0.2) is 63.9 Å². The van der Waals surface area contributed by atoms with Crippen LogP contribution in [-0.2, 0) is 6.54 Å². The number of rotatable bonds is 10. The van der Waals surface area contributed by atoms with Crippen molar-refractivity contribution in [3.63, 3.8) is 0 Å². The molecule has 0 unspecified atom stereocenters. The van der Waals surface area contributed by atoms with Crippen LogP contribution < -0.4 is 28.4 Å². The number of hydrogen-bond donors (Lipinski definition) is 1. The third-order valence-electron chi connectivity index (χ3n) is 5.05. The van der Waals surface area contributed by atoms with Crippen molar-refractivity contribution in [2.45, 2.75) is 6.54 Å². The fourth-order valence-corrected chi connectivity index (χ4v) is 3.61. The zero-order chi connectivity index (χ0) is 23.3. The van der Waals surface area contributed by atoms with Crippen molar-refractivity contribution in [2.75, 3.05) is 49.3 Å². The van der Waals surface area contributed by atoms with Crippen LogP contribution in [0.15, 0.2) is 30.6 Å². The standard InChI is InChI=1S/C23H28N2O7/c1-27-16-9-14(10-17(28-2)22(16)31-5)20-21(25(7-8-26)13-24-20)15-11-18(29-3)23(32-6)19(12-15)30-4/h9-13,26H,7-8H2,1-6H3. The molecule has 3 aromatic rings. The molecule has 2 aromatic carbocycles. The largest absolute Gasteiger partial charge is 0.493 e. The lowest BCUT2D eigenvalue weighted by molar-refractivity contribution is 0.276. The van der Waals surface area contributed by atoms with E-state index in [0.29, 0.717) is 46.7 Å². The van der Waals surface area contributed by atoms with Gasteiger partial charge in [0.1, 0.15) is 0 Å². The summed E-state index contributed by atoms with van der Waals surface area (Å²) in [5, 5.41) is 9.61. The number of aliphatic hydroxyl groups is 1. The van der Waals surface area contributed by atoms with Crippen LogP contribution >= 0.6 is 0 Å². The summed E-state index contributed by atoms with van der Waals surface area (Å²) in [7, 11) is 9.35. The molecule has 0 atom stereocenters. The molecule has 1 N–H and O–H groups in total. The van der Waals surface area contributed by atoms with Crippen molar-refractivity contribution in [1.29, 1.82) is 0 Å². The molecule has 0 fully saturated rings. The Labute approximate surface area is 187 Å². The number of methoxy groups -OCH3 is 6. The van der Waals surface area contributed by atoms with Gasteiger partial charge < -0.3 is 38.1 Å². The van der Waals surface area contributed by atoms with E-state index in [4.69, 9.17) is 28.4 Å². The van der Waals surface area contributed by atoms with Crippen LogP contribution in [0.5, 0.6) is 34.5 Å². The Morgan fingerprint density at radius 3 is 1.50 bits per heavy atom. The number of nitrogens with zero attached hydrogens (tertiary/aromatic N) is 2. The zero-order valence-electron chi connectivity index (χ0n) is 19.1. The van der Waals surface area contributed by atoms with Crippen LogP contribution in [0.3, 0.4) is 0 Å². The zero-order valence-corrected chi connectivity index (χ0v) is 19.1. The maximum atomic E-state index is 9.61. The van der Waals surface area contributed by atoms with Gasteiger partial charge >= 0.3 is 0 Å². The van der Waals surface area contributed by atoms with Crippen LogP contribution in [0.1, 0.15) is 0 Å². The topological polar surface area (TPSA) is 93.4 Å². The first-order valence-corrected chi connectivity index (χ1v) is 9.83. The minimum absolute atomic E-state index is 0.0531. The highest BCUT2D eigenvalue weighted by Crippen LogP contribution is 2.45. The molecule has 0 radical (unpaired) electrons. The van der Waals surface area contributed by atoms with E-state index in [0.717, 1.165) is 16.8 Å². The second-order valence-electron chi connectivity index (χ2n) is 6.69. The lowest BCUT2D eigenvalue weighted by Gasteiger charge is -2.17. The summed E-state index contributed by atoms with van der Waals surface area (Å²) in [6.07, 6.45) is 1.67. The van der Waals surface area contributed by atoms with E-state index in [-0.39, 0.29) is 6.61 Å². The van der Waals surface area contributed by atoms with E-state index in [1.165, 1.54) is 0 Å². The predicted octanol–water partition coefficient (Wildman–Crippen LogP) is 3.26. The molecule has 172 valence electrons. The molecule has 1 aromatic heterocycles. The fourth-order valence-electron chi connectivity index (χ4n) is 3.61. The van der Waals surface area contributed by atoms with Gasteiger partial charge in [-0.05, 0) is 24.3 Å². The minimum Gasteiger partial charge on any atom is -0.493 e. The molecule has 0 bridgehead atoms. The van der Waals surface area contributed by atoms with E-state index in [9.17, 15) is 5.11 Å². The second kappa shape index (κ2) is 10.1. The number of hydrogen-bond acceptors (Lipinski definition) is 8. The van der Waals surface area contributed by atoms with Gasteiger partial charge in [0.15, 0.2) is 23.0 Å². The normalized spacial score (nSPS) is 10.6. The minimum atomic E-state index is -0.0531. The first kappa shape index (κ1) is 23.1. The van der Waals surface area contributed by atoms with Crippen molar-refractivity contribution >= 4 is 0 Å². The summed E-state index contributed by atoms with van der Waals surface area (Å²) >= 11 is 0. The number of imidazole rings is 1. The van der Waals surface area contributed by atoms with Crippen molar-refractivity contribution in [2.24, 2.45) is 0 Å². The van der Waals surface area contributed by atoms with Gasteiger partial charge in [0, 0.05) is 17.7 Å². The maximum Gasteiger partial charge on any atom is 0.203 e. The fraction of sp³-hybridized carbons (Fsp3) is 0.348. The summed E-state index contributed by atoms with van der Waals surface area (Å²) in [6.45, 7) is 0.298. The van der Waals surface area contributed by atoms with Crippen molar-refractivity contribution < 1.29 is 33.5 Å². The Kier molecular flexibility index (Phi) is 7.32. The first-order chi connectivity index (χ1) is 15.6. The highest BCUT2D eigenvalue weighted by Gasteiger charge is 2.22. The maximum absolute atomic E-state index is 9.61. The Morgan fingerprint density at radius 1 is 0.688 bits per heavy atom. The molecule has 9 heteroatoms. The SMILES string of the molecule is COc1cc(-c2ncn(CCO)c2-c2cc(OC)c(OC)c(OC)c2)cc(OC)c1OC. The van der Waals surface area contributed by atoms with Gasteiger partial charge in [-0.25, -0.2) is 4.98 Å². The molecule has 1 heterocycles. The lowest BCUT2D eigenvalue weighted by Crippen LogP contribution is -2.04. The van der Waals surface area contributed by atoms with Gasteiger partial charge in [0.05, 0.1) is 67.0 Å². The summed E-state index contributed by atoms with van der Waals surface area (Å²) in [6, 6.07) is 7.34. The van der Waals surface area contributed by atoms with Crippen LogP contribution in [0.2, 0.25) is 0 Å². The Balaban J connectivity index is 2.30. The predicted molar refractivity (Wildman–Crippen MR) is 119 cm³/mol. The van der Waals surface area contributed by atoms with Crippen LogP contribution in [0.25, 0.3) is 22.5 Å². The molecule has 32 heavy (non-hydrogen) atoms. The summed E-state index contributed by atoms with van der Waals surface area (Å²) in [5.41, 5.74) is 2.94. The van der Waals surface area contributed by atoms with Crippen molar-refractivity contribution in [1.82, 2.24) is 9.55 Å². The van der Waals surface area contributed by atoms with Gasteiger partial charge in [-0.15, -0.1) is 0 Å². The molecular weight excluding hydrogens is 416 g/mol.